The average molecular weight is 61.2 g/mol. The van der Waals surface area contributed by atoms with E-state index >= 15 is 0 Å². The van der Waals surface area contributed by atoms with Crippen LogP contribution in [0, 0.1) is 0 Å². The summed E-state index contributed by atoms with van der Waals surface area (Å²) < 4.78 is 0. The van der Waals surface area contributed by atoms with E-state index in [2.05, 4.69) is 0 Å². The zero-order valence-electron chi connectivity index (χ0n) is 3.71. The molecule has 0 aromatic heterocycles. The Hall–Kier alpha value is 2.96. The maximum absolute atomic E-state index is 0. The largest absolute Gasteiger partial charge is 0 e. The number of hydrogen-bond donors (Lipinski definition) is 0. The van der Waals surface area contributed by atoms with Crippen LogP contribution in [0.3, 0.4) is 0 Å². The zero-order chi connectivity index (χ0) is 0. The molecule has 5 radical (unpaired) electrons. The SMILES string of the molecule is [Li].[Li].[Mg].[Na]. The third-order valence-electron chi connectivity index (χ3n) is 0. The number of rotatable bonds is 0. The Kier molecular flexibility index (Phi) is 118. The van der Waals surface area contributed by atoms with Gasteiger partial charge in [0.15, 0.2) is 0 Å². The quantitative estimate of drug-likeness (QED) is 0.298. The molecule has 4 heteroatoms. The molecule has 0 saturated heterocycles. The summed E-state index contributed by atoms with van der Waals surface area (Å²) in [5, 5.41) is 0. The van der Waals surface area contributed by atoms with E-state index in [0.717, 1.165) is 0 Å². The molecule has 0 aromatic rings. The van der Waals surface area contributed by atoms with Crippen molar-refractivity contribution in [1.29, 1.82) is 0 Å². The fraction of sp³-hybridized carbons (Fsp3) is 0. The Balaban J connectivity index is 0. The molecule has 0 N–H and O–H groups in total. The second-order valence-corrected chi connectivity index (χ2v) is 0. The molecule has 0 aliphatic heterocycles. The summed E-state index contributed by atoms with van der Waals surface area (Å²) in [6, 6.07) is 0. The zero-order valence-corrected chi connectivity index (χ0v) is 7.12. The molecule has 0 amide bonds. The van der Waals surface area contributed by atoms with Gasteiger partial charge in [-0.15, -0.1) is 0 Å². The molecule has 0 rings (SSSR count). The van der Waals surface area contributed by atoms with Gasteiger partial charge in [-0.25, -0.2) is 0 Å². The molecule has 0 heterocycles. The van der Waals surface area contributed by atoms with Crippen LogP contribution >= 0.6 is 0 Å². The van der Waals surface area contributed by atoms with E-state index in [4.69, 9.17) is 0 Å². The Labute approximate surface area is 88.6 Å². The summed E-state index contributed by atoms with van der Waals surface area (Å²) in [5.41, 5.74) is 0. The summed E-state index contributed by atoms with van der Waals surface area (Å²) in [7, 11) is 0. The van der Waals surface area contributed by atoms with Gasteiger partial charge in [-0.3, -0.25) is 0 Å². The standard InChI is InChI=1S/2Li.Mg.Na. The van der Waals surface area contributed by atoms with Gasteiger partial charge in [0.1, 0.15) is 0 Å². The molecule has 0 spiro atoms. The van der Waals surface area contributed by atoms with Crippen LogP contribution in [0.1, 0.15) is 0 Å². The average Bonchev–Trinajstić information content (AvgIpc) is 0. The molecule has 4 heavy (non-hydrogen) atoms. The van der Waals surface area contributed by atoms with E-state index < -0.39 is 0 Å². The van der Waals surface area contributed by atoms with Crippen LogP contribution in [0.2, 0.25) is 0 Å². The van der Waals surface area contributed by atoms with Crippen molar-refractivity contribution >= 4 is 90.3 Å². The van der Waals surface area contributed by atoms with Gasteiger partial charge in [0, 0.05) is 90.3 Å². The van der Waals surface area contributed by atoms with Crippen molar-refractivity contribution in [1.82, 2.24) is 0 Å². The Morgan fingerprint density at radius 1 is 0.750 bits per heavy atom. The molecular formula is Li2MgNa. The third kappa shape index (κ3) is 8.88. The van der Waals surface area contributed by atoms with Crippen LogP contribution in [0.25, 0.3) is 0 Å². The summed E-state index contributed by atoms with van der Waals surface area (Å²) in [6.07, 6.45) is 0. The second kappa shape index (κ2) is 16.7. The molecule has 5 valence electrons. The first-order valence-corrected chi connectivity index (χ1v) is 0. The molecule has 0 unspecified atom stereocenters. The molecule has 0 bridgehead atoms. The van der Waals surface area contributed by atoms with Gasteiger partial charge in [0.25, 0.3) is 0 Å². The first kappa shape index (κ1) is 28.2. The van der Waals surface area contributed by atoms with Gasteiger partial charge in [0.2, 0.25) is 0 Å². The fourth-order valence-corrected chi connectivity index (χ4v) is 0. The first-order valence-electron chi connectivity index (χ1n) is 0. The molecule has 0 aliphatic rings. The maximum atomic E-state index is 0. The minimum Gasteiger partial charge on any atom is 0 e. The monoisotopic (exact) mass is 61.0 g/mol. The van der Waals surface area contributed by atoms with Crippen LogP contribution in [0.4, 0.5) is 0 Å². The van der Waals surface area contributed by atoms with Gasteiger partial charge in [0.05, 0.1) is 0 Å². The number of hydrogen-bond acceptors (Lipinski definition) is 0. The normalized spacial score (nSPS) is 0. The van der Waals surface area contributed by atoms with Crippen LogP contribution in [-0.2, 0) is 0 Å². The summed E-state index contributed by atoms with van der Waals surface area (Å²) >= 11 is 0. The van der Waals surface area contributed by atoms with E-state index in [1.807, 2.05) is 0 Å². The van der Waals surface area contributed by atoms with Crippen LogP contribution in [0.5, 0.6) is 0 Å². The van der Waals surface area contributed by atoms with Gasteiger partial charge in [-0.2, -0.15) is 0 Å². The smallest absolute Gasteiger partial charge is 0 e. The van der Waals surface area contributed by atoms with E-state index in [9.17, 15) is 0 Å². The predicted octanol–water partition coefficient (Wildman–Crippen LogP) is -1.52. The molecule has 0 aromatic carbocycles. The van der Waals surface area contributed by atoms with E-state index in [1.54, 1.807) is 0 Å². The topological polar surface area (TPSA) is 0 Å². The third-order valence-corrected chi connectivity index (χ3v) is 0. The van der Waals surface area contributed by atoms with Gasteiger partial charge in [-0.1, -0.05) is 0 Å². The van der Waals surface area contributed by atoms with Crippen LogP contribution in [-0.4, -0.2) is 90.3 Å². The second-order valence-electron chi connectivity index (χ2n) is 0. The van der Waals surface area contributed by atoms with Crippen molar-refractivity contribution in [3.63, 3.8) is 0 Å². The van der Waals surface area contributed by atoms with Crippen molar-refractivity contribution in [3.8, 4) is 0 Å². The summed E-state index contributed by atoms with van der Waals surface area (Å²) in [5.74, 6) is 0. The van der Waals surface area contributed by atoms with E-state index in [1.165, 1.54) is 0 Å². The Morgan fingerprint density at radius 3 is 0.750 bits per heavy atom. The molecule has 0 fully saturated rings. The van der Waals surface area contributed by atoms with Crippen molar-refractivity contribution in [2.45, 2.75) is 0 Å². The van der Waals surface area contributed by atoms with Crippen molar-refractivity contribution in [2.75, 3.05) is 0 Å². The minimum atomic E-state index is 0. The Bertz CT molecular complexity index is 6.00. The Morgan fingerprint density at radius 2 is 0.750 bits per heavy atom. The van der Waals surface area contributed by atoms with Crippen LogP contribution in [0.15, 0.2) is 0 Å². The minimum absolute atomic E-state index is 0. The van der Waals surface area contributed by atoms with E-state index in [-0.39, 0.29) is 90.3 Å². The molecule has 0 saturated carbocycles. The van der Waals surface area contributed by atoms with Gasteiger partial charge >= 0.3 is 0 Å². The van der Waals surface area contributed by atoms with Gasteiger partial charge < -0.3 is 0 Å². The van der Waals surface area contributed by atoms with Crippen LogP contribution < -0.4 is 0 Å². The van der Waals surface area contributed by atoms with Crippen molar-refractivity contribution in [2.24, 2.45) is 0 Å². The van der Waals surface area contributed by atoms with Crippen molar-refractivity contribution in [3.05, 3.63) is 0 Å². The van der Waals surface area contributed by atoms with E-state index in [0.29, 0.717) is 0 Å². The molecule has 0 atom stereocenters. The fourth-order valence-electron chi connectivity index (χ4n) is 0. The van der Waals surface area contributed by atoms with Crippen molar-refractivity contribution < 1.29 is 0 Å². The molecular weight excluding hydrogens is 61.2 g/mol. The van der Waals surface area contributed by atoms with Gasteiger partial charge in [-0.05, 0) is 0 Å². The first-order chi connectivity index (χ1) is 0. The predicted molar refractivity (Wildman–Crippen MR) is 23.0 cm³/mol. The summed E-state index contributed by atoms with van der Waals surface area (Å²) in [4.78, 5) is 0. The summed E-state index contributed by atoms with van der Waals surface area (Å²) in [6.45, 7) is 0. The molecule has 0 aliphatic carbocycles. The maximum Gasteiger partial charge on any atom is 0 e. The molecule has 0 nitrogen and oxygen atoms in total.